The Balaban J connectivity index is 5.13. The summed E-state index contributed by atoms with van der Waals surface area (Å²) in [6.45, 7) is 14.2. The van der Waals surface area contributed by atoms with Gasteiger partial charge in [0.1, 0.15) is 19.3 Å². The zero-order valence-electron chi connectivity index (χ0n) is 65.1. The first-order chi connectivity index (χ1) is 47.7. The molecule has 0 spiro atoms. The second-order valence-electron chi connectivity index (χ2n) is 30.2. The van der Waals surface area contributed by atoms with Gasteiger partial charge < -0.3 is 33.8 Å². The largest absolute Gasteiger partial charge is 0.472 e. The van der Waals surface area contributed by atoms with E-state index in [0.29, 0.717) is 31.6 Å². The first-order valence-electron chi connectivity index (χ1n) is 41.3. The van der Waals surface area contributed by atoms with Crippen molar-refractivity contribution in [3.63, 3.8) is 0 Å². The molecule has 0 amide bonds. The number of aliphatic hydroxyl groups is 1. The van der Waals surface area contributed by atoms with Crippen LogP contribution in [0.25, 0.3) is 0 Å². The molecule has 0 saturated heterocycles. The van der Waals surface area contributed by atoms with Gasteiger partial charge in [-0.2, -0.15) is 0 Å². The van der Waals surface area contributed by atoms with Gasteiger partial charge in [-0.15, -0.1) is 0 Å². The number of ether oxygens (including phenoxy) is 4. The molecule has 0 fully saturated rings. The minimum Gasteiger partial charge on any atom is -0.462 e. The first-order valence-corrected chi connectivity index (χ1v) is 44.3. The van der Waals surface area contributed by atoms with Gasteiger partial charge in [0, 0.05) is 25.7 Å². The molecule has 0 rings (SSSR count). The Kier molecular flexibility index (Phi) is 67.8. The van der Waals surface area contributed by atoms with Crippen molar-refractivity contribution in [2.45, 2.75) is 427 Å². The van der Waals surface area contributed by atoms with Crippen LogP contribution in [0.5, 0.6) is 0 Å². The molecule has 0 aromatic rings. The Morgan fingerprint density at radius 2 is 0.485 bits per heavy atom. The van der Waals surface area contributed by atoms with Crippen LogP contribution in [0.3, 0.4) is 0 Å². The fourth-order valence-corrected chi connectivity index (χ4v) is 13.8. The topological polar surface area (TPSA) is 237 Å². The monoisotopic (exact) mass is 1450 g/mol. The lowest BCUT2D eigenvalue weighted by Gasteiger charge is -2.21. The van der Waals surface area contributed by atoms with Gasteiger partial charge in [-0.05, 0) is 49.4 Å². The first kappa shape index (κ1) is 97.1. The smallest absolute Gasteiger partial charge is 0.462 e. The van der Waals surface area contributed by atoms with Crippen LogP contribution in [-0.4, -0.2) is 96.7 Å². The van der Waals surface area contributed by atoms with Crippen molar-refractivity contribution in [1.29, 1.82) is 0 Å². The van der Waals surface area contributed by atoms with Gasteiger partial charge in [0.05, 0.1) is 26.4 Å². The molecule has 4 unspecified atom stereocenters. The minimum absolute atomic E-state index is 0.104. The number of hydrogen-bond acceptors (Lipinski definition) is 15. The number of unbranched alkanes of at least 4 members (excludes halogenated alkanes) is 41. The predicted octanol–water partition coefficient (Wildman–Crippen LogP) is 23.6. The summed E-state index contributed by atoms with van der Waals surface area (Å²) in [5.74, 6) is 0.975. The third-order valence-electron chi connectivity index (χ3n) is 19.3. The summed E-state index contributed by atoms with van der Waals surface area (Å²) in [5.41, 5.74) is 0. The van der Waals surface area contributed by atoms with Crippen LogP contribution < -0.4 is 0 Å². The van der Waals surface area contributed by atoms with Gasteiger partial charge in [-0.3, -0.25) is 37.3 Å². The average Bonchev–Trinajstić information content (AvgIpc) is 0.966. The van der Waals surface area contributed by atoms with E-state index >= 15 is 0 Å². The van der Waals surface area contributed by atoms with Crippen molar-refractivity contribution in [1.82, 2.24) is 0 Å². The number of carbonyl (C=O) groups excluding carboxylic acids is 4. The maximum atomic E-state index is 13.1. The molecule has 0 heterocycles. The average molecular weight is 1450 g/mol. The van der Waals surface area contributed by atoms with Crippen LogP contribution >= 0.6 is 15.6 Å². The van der Waals surface area contributed by atoms with Crippen LogP contribution in [-0.2, 0) is 65.4 Å². The number of aliphatic hydroxyl groups excluding tert-OH is 1. The summed E-state index contributed by atoms with van der Waals surface area (Å²) in [7, 11) is -9.92. The molecule has 7 atom stereocenters. The summed E-state index contributed by atoms with van der Waals surface area (Å²) >= 11 is 0. The third kappa shape index (κ3) is 71.5. The molecule has 19 heteroatoms. The molecule has 0 aromatic heterocycles. The molecule has 0 bridgehead atoms. The van der Waals surface area contributed by atoms with E-state index in [4.69, 9.17) is 37.0 Å². The molecular formula is C80H156O17P2. The van der Waals surface area contributed by atoms with Gasteiger partial charge in [-0.25, -0.2) is 9.13 Å². The van der Waals surface area contributed by atoms with Crippen molar-refractivity contribution in [2.75, 3.05) is 39.6 Å². The second kappa shape index (κ2) is 69.1. The quantitative estimate of drug-likeness (QED) is 0.0222. The van der Waals surface area contributed by atoms with Crippen LogP contribution in [0.1, 0.15) is 409 Å². The van der Waals surface area contributed by atoms with E-state index in [0.717, 1.165) is 114 Å². The standard InChI is InChI=1S/C80H156O17P2/c1-9-72(7)58-50-42-34-28-24-20-15-13-11-12-14-16-21-25-29-35-44-52-60-77(82)90-66-75(97-80(85)63-55-47-37-31-33-41-49-57-71(5)6)68-94-98(86,87)92-64-74(81)65-93-99(88,89)95-69-76(67-91-78(83)61-53-45-39-38-43-51-59-73(8)10-2)96-79(84)62-54-46-36-30-26-22-18-17-19-23-27-32-40-48-56-70(3)4/h70-76,81H,9-69H2,1-8H3,(H,86,87)(H,88,89)/t72?,73?,74-,75-,76-/m1/s1. The van der Waals surface area contributed by atoms with Gasteiger partial charge in [0.25, 0.3) is 0 Å². The second-order valence-corrected chi connectivity index (χ2v) is 33.1. The summed E-state index contributed by atoms with van der Waals surface area (Å²) in [4.78, 5) is 72.9. The third-order valence-corrected chi connectivity index (χ3v) is 21.2. The lowest BCUT2D eigenvalue weighted by atomic mass is 9.99. The molecular weight excluding hydrogens is 1290 g/mol. The van der Waals surface area contributed by atoms with Crippen molar-refractivity contribution >= 4 is 39.5 Å². The van der Waals surface area contributed by atoms with E-state index in [1.807, 2.05) is 0 Å². The number of esters is 4. The van der Waals surface area contributed by atoms with Gasteiger partial charge in [0.2, 0.25) is 0 Å². The number of hydrogen-bond donors (Lipinski definition) is 3. The zero-order valence-corrected chi connectivity index (χ0v) is 66.9. The fraction of sp³-hybridized carbons (Fsp3) is 0.950. The molecule has 588 valence electrons. The van der Waals surface area contributed by atoms with Crippen molar-refractivity contribution in [3.8, 4) is 0 Å². The molecule has 0 aromatic carbocycles. The van der Waals surface area contributed by atoms with E-state index < -0.39 is 97.5 Å². The Hall–Kier alpha value is -1.94. The van der Waals surface area contributed by atoms with E-state index in [2.05, 4.69) is 55.4 Å². The molecule has 0 radical (unpaired) electrons. The molecule has 99 heavy (non-hydrogen) atoms. The van der Waals surface area contributed by atoms with E-state index in [1.165, 1.54) is 205 Å². The molecule has 3 N–H and O–H groups in total. The van der Waals surface area contributed by atoms with Crippen LogP contribution in [0, 0.1) is 23.7 Å². The van der Waals surface area contributed by atoms with Crippen molar-refractivity contribution in [3.05, 3.63) is 0 Å². The fourth-order valence-electron chi connectivity index (χ4n) is 12.2. The molecule has 0 aliphatic carbocycles. The zero-order chi connectivity index (χ0) is 73.1. The highest BCUT2D eigenvalue weighted by Crippen LogP contribution is 2.45. The van der Waals surface area contributed by atoms with E-state index in [1.54, 1.807) is 0 Å². The summed E-state index contributed by atoms with van der Waals surface area (Å²) in [6, 6.07) is 0. The Labute approximate surface area is 607 Å². The number of carbonyl (C=O) groups is 4. The number of phosphoric acid groups is 2. The highest BCUT2D eigenvalue weighted by Gasteiger charge is 2.30. The minimum atomic E-state index is -4.96. The summed E-state index contributed by atoms with van der Waals surface area (Å²) in [6.07, 6.45) is 55.8. The normalized spacial score (nSPS) is 14.6. The predicted molar refractivity (Wildman–Crippen MR) is 404 cm³/mol. The lowest BCUT2D eigenvalue weighted by molar-refractivity contribution is -0.161. The SMILES string of the molecule is CCC(C)CCCCCCCCCCCCCCCCCCCCC(=O)OC[C@H](COP(=O)(O)OC[C@@H](O)COP(=O)(O)OC[C@@H](COC(=O)CCCCCCCCC(C)CC)OC(=O)CCCCCCCCCCCCCCCCC(C)C)OC(=O)CCCCCCCCCC(C)C. The highest BCUT2D eigenvalue weighted by atomic mass is 31.2. The van der Waals surface area contributed by atoms with Gasteiger partial charge >= 0.3 is 39.5 Å². The highest BCUT2D eigenvalue weighted by molar-refractivity contribution is 7.47. The Bertz CT molecular complexity index is 1940. The Morgan fingerprint density at radius 3 is 0.717 bits per heavy atom. The maximum Gasteiger partial charge on any atom is 0.472 e. The van der Waals surface area contributed by atoms with Crippen LogP contribution in [0.2, 0.25) is 0 Å². The van der Waals surface area contributed by atoms with Crippen LogP contribution in [0.15, 0.2) is 0 Å². The molecule has 0 aliphatic heterocycles. The summed E-state index contributed by atoms with van der Waals surface area (Å²) < 4.78 is 68.6. The molecule has 0 aliphatic rings. The Morgan fingerprint density at radius 1 is 0.283 bits per heavy atom. The van der Waals surface area contributed by atoms with Crippen molar-refractivity contribution < 1.29 is 80.2 Å². The number of phosphoric ester groups is 2. The van der Waals surface area contributed by atoms with E-state index in [-0.39, 0.29) is 25.7 Å². The maximum absolute atomic E-state index is 13.1. The van der Waals surface area contributed by atoms with Crippen LogP contribution in [0.4, 0.5) is 0 Å². The van der Waals surface area contributed by atoms with Gasteiger partial charge in [-0.1, -0.05) is 357 Å². The molecule has 0 saturated carbocycles. The lowest BCUT2D eigenvalue weighted by Crippen LogP contribution is -2.30. The number of rotatable bonds is 77. The van der Waals surface area contributed by atoms with Crippen molar-refractivity contribution in [2.24, 2.45) is 23.7 Å². The van der Waals surface area contributed by atoms with Gasteiger partial charge in [0.15, 0.2) is 12.2 Å². The van der Waals surface area contributed by atoms with E-state index in [9.17, 15) is 43.2 Å². The molecule has 17 nitrogen and oxygen atoms in total. The summed E-state index contributed by atoms with van der Waals surface area (Å²) in [5, 5.41) is 10.6.